The van der Waals surface area contributed by atoms with E-state index in [1.807, 2.05) is 30.3 Å². The quantitative estimate of drug-likeness (QED) is 0.688. The van der Waals surface area contributed by atoms with Crippen molar-refractivity contribution in [1.29, 1.82) is 0 Å². The van der Waals surface area contributed by atoms with Crippen molar-refractivity contribution in [2.24, 2.45) is 0 Å². The maximum Gasteiger partial charge on any atom is 0.165 e. The first-order chi connectivity index (χ1) is 13.0. The Bertz CT molecular complexity index is 777. The molecule has 1 saturated heterocycles. The first kappa shape index (κ1) is 22.5. The molecule has 2 aromatic rings. The van der Waals surface area contributed by atoms with Gasteiger partial charge in [0.25, 0.3) is 0 Å². The predicted molar refractivity (Wildman–Crippen MR) is 108 cm³/mol. The molecule has 0 atom stereocenters. The number of halogens is 3. The van der Waals surface area contributed by atoms with Crippen molar-refractivity contribution in [2.45, 2.75) is 37.7 Å². The van der Waals surface area contributed by atoms with E-state index in [1.54, 1.807) is 0 Å². The number of carbonyl (C=O) groups is 1. The number of piperidine rings is 1. The lowest BCUT2D eigenvalue weighted by Gasteiger charge is -2.38. The number of Topliss-reactive ketones (excluding diaryl/α,β-unsaturated/α-hetero) is 1. The summed E-state index contributed by atoms with van der Waals surface area (Å²) in [6, 6.07) is 13.0. The summed E-state index contributed by atoms with van der Waals surface area (Å²) in [6.07, 6.45) is 2.90. The number of benzene rings is 2. The zero-order valence-electron chi connectivity index (χ0n) is 15.7. The molecule has 0 spiro atoms. The van der Waals surface area contributed by atoms with Crippen LogP contribution in [0.5, 0.6) is 0 Å². The van der Waals surface area contributed by atoms with Crippen LogP contribution in [-0.2, 0) is 6.42 Å². The number of likely N-dealkylation sites (tertiary alicyclic amines) is 1. The third-order valence-electron chi connectivity index (χ3n) is 5.27. The molecule has 1 N–H and O–H groups in total. The van der Waals surface area contributed by atoms with Crippen LogP contribution in [-0.4, -0.2) is 41.0 Å². The van der Waals surface area contributed by atoms with Crippen molar-refractivity contribution < 1.29 is 18.7 Å². The standard InChI is InChI=1S/C22H25F2NO2.ClH/c23-18-8-9-19(20(24)15-18)21(26)7-4-12-25-13-10-22(27,11-14-25)16-17-5-2-1-3-6-17;/h1-3,5-6,8-9,15,27H,4,7,10-14,16H2;1H. The molecule has 152 valence electrons. The molecule has 3 nitrogen and oxygen atoms in total. The van der Waals surface area contributed by atoms with Crippen LogP contribution >= 0.6 is 12.4 Å². The van der Waals surface area contributed by atoms with Gasteiger partial charge in [-0.25, -0.2) is 8.78 Å². The molecule has 1 aliphatic heterocycles. The number of aliphatic hydroxyl groups is 1. The minimum Gasteiger partial charge on any atom is -0.389 e. The summed E-state index contributed by atoms with van der Waals surface area (Å²) in [4.78, 5) is 14.3. The van der Waals surface area contributed by atoms with Gasteiger partial charge in [0.2, 0.25) is 0 Å². The second kappa shape index (κ2) is 10.1. The van der Waals surface area contributed by atoms with Crippen molar-refractivity contribution in [3.8, 4) is 0 Å². The van der Waals surface area contributed by atoms with Gasteiger partial charge in [-0.2, -0.15) is 0 Å². The Hall–Kier alpha value is -1.82. The monoisotopic (exact) mass is 409 g/mol. The van der Waals surface area contributed by atoms with Crippen molar-refractivity contribution in [1.82, 2.24) is 4.90 Å². The van der Waals surface area contributed by atoms with Crippen LogP contribution in [0.3, 0.4) is 0 Å². The van der Waals surface area contributed by atoms with Gasteiger partial charge in [-0.1, -0.05) is 30.3 Å². The fourth-order valence-corrected chi connectivity index (χ4v) is 3.66. The normalized spacial score (nSPS) is 16.4. The summed E-state index contributed by atoms with van der Waals surface area (Å²) >= 11 is 0. The lowest BCUT2D eigenvalue weighted by atomic mass is 9.85. The largest absolute Gasteiger partial charge is 0.389 e. The van der Waals surface area contributed by atoms with Crippen molar-refractivity contribution >= 4 is 18.2 Å². The van der Waals surface area contributed by atoms with E-state index in [0.717, 1.165) is 37.3 Å². The van der Waals surface area contributed by atoms with Gasteiger partial charge in [0.05, 0.1) is 11.2 Å². The van der Waals surface area contributed by atoms with Crippen LogP contribution in [0.25, 0.3) is 0 Å². The zero-order valence-corrected chi connectivity index (χ0v) is 16.6. The van der Waals surface area contributed by atoms with Crippen LogP contribution in [0, 0.1) is 11.6 Å². The molecule has 0 aromatic heterocycles. The lowest BCUT2D eigenvalue weighted by molar-refractivity contribution is -0.0207. The van der Waals surface area contributed by atoms with Gasteiger partial charge < -0.3 is 10.0 Å². The zero-order chi connectivity index (χ0) is 19.3. The molecule has 0 aliphatic carbocycles. The molecule has 6 heteroatoms. The number of nitrogens with zero attached hydrogens (tertiary/aromatic N) is 1. The minimum atomic E-state index is -0.802. The molecule has 0 bridgehead atoms. The maximum absolute atomic E-state index is 13.6. The summed E-state index contributed by atoms with van der Waals surface area (Å²) in [6.45, 7) is 2.29. The van der Waals surface area contributed by atoms with E-state index in [9.17, 15) is 18.7 Å². The van der Waals surface area contributed by atoms with Crippen molar-refractivity contribution in [3.63, 3.8) is 0 Å². The van der Waals surface area contributed by atoms with Gasteiger partial charge in [0.1, 0.15) is 11.6 Å². The van der Waals surface area contributed by atoms with Gasteiger partial charge >= 0.3 is 0 Å². The fraction of sp³-hybridized carbons (Fsp3) is 0.409. The van der Waals surface area contributed by atoms with Gasteiger partial charge in [0.15, 0.2) is 5.78 Å². The third kappa shape index (κ3) is 6.09. The van der Waals surface area contributed by atoms with Crippen LogP contribution in [0.15, 0.2) is 48.5 Å². The number of hydrogen-bond acceptors (Lipinski definition) is 3. The maximum atomic E-state index is 13.6. The number of carbonyl (C=O) groups excluding carboxylic acids is 1. The van der Waals surface area contributed by atoms with E-state index < -0.39 is 17.2 Å². The first-order valence-corrected chi connectivity index (χ1v) is 9.42. The Morgan fingerprint density at radius 1 is 1.07 bits per heavy atom. The average Bonchev–Trinajstić information content (AvgIpc) is 2.64. The highest BCUT2D eigenvalue weighted by Crippen LogP contribution is 2.26. The number of ketones is 1. The van der Waals surface area contributed by atoms with Gasteiger partial charge in [0, 0.05) is 32.0 Å². The molecule has 0 radical (unpaired) electrons. The summed E-state index contributed by atoms with van der Waals surface area (Å²) in [5.74, 6) is -1.78. The van der Waals surface area contributed by atoms with Gasteiger partial charge in [-0.3, -0.25) is 4.79 Å². The molecule has 2 aromatic carbocycles. The second-order valence-electron chi connectivity index (χ2n) is 7.38. The highest BCUT2D eigenvalue weighted by atomic mass is 35.5. The van der Waals surface area contributed by atoms with E-state index in [0.29, 0.717) is 25.7 Å². The van der Waals surface area contributed by atoms with E-state index >= 15 is 0 Å². The SMILES string of the molecule is Cl.O=C(CCCN1CCC(O)(Cc2ccccc2)CC1)c1ccc(F)cc1F. The van der Waals surface area contributed by atoms with Crippen LogP contribution in [0.4, 0.5) is 8.78 Å². The summed E-state index contributed by atoms with van der Waals surface area (Å²) in [7, 11) is 0. The Kier molecular flexibility index (Phi) is 8.10. The highest BCUT2D eigenvalue weighted by molar-refractivity contribution is 5.96. The van der Waals surface area contributed by atoms with Crippen molar-refractivity contribution in [3.05, 3.63) is 71.3 Å². The Labute approximate surface area is 170 Å². The Morgan fingerprint density at radius 3 is 2.39 bits per heavy atom. The topological polar surface area (TPSA) is 40.5 Å². The molecule has 28 heavy (non-hydrogen) atoms. The molecular weight excluding hydrogens is 384 g/mol. The Balaban J connectivity index is 0.00000280. The molecule has 1 fully saturated rings. The Morgan fingerprint density at radius 2 is 1.75 bits per heavy atom. The summed E-state index contributed by atoms with van der Waals surface area (Å²) < 4.78 is 26.6. The van der Waals surface area contributed by atoms with Crippen LogP contribution in [0.2, 0.25) is 0 Å². The average molecular weight is 410 g/mol. The molecule has 1 heterocycles. The number of rotatable bonds is 7. The second-order valence-corrected chi connectivity index (χ2v) is 7.38. The molecule has 0 amide bonds. The van der Waals surface area contributed by atoms with Gasteiger partial charge in [-0.05, 0) is 43.5 Å². The summed E-state index contributed by atoms with van der Waals surface area (Å²) in [5.41, 5.74) is 0.415. The lowest BCUT2D eigenvalue weighted by Crippen LogP contribution is -2.45. The molecule has 0 unspecified atom stereocenters. The van der Waals surface area contributed by atoms with Crippen molar-refractivity contribution in [2.75, 3.05) is 19.6 Å². The summed E-state index contributed by atoms with van der Waals surface area (Å²) in [5, 5.41) is 10.8. The molecular formula is C22H26ClF2NO2. The van der Waals surface area contributed by atoms with E-state index in [1.165, 1.54) is 6.07 Å². The third-order valence-corrected chi connectivity index (χ3v) is 5.27. The smallest absolute Gasteiger partial charge is 0.165 e. The van der Waals surface area contributed by atoms with Crippen LogP contribution in [0.1, 0.15) is 41.6 Å². The van der Waals surface area contributed by atoms with Crippen LogP contribution < -0.4 is 0 Å². The molecule has 1 aliphatic rings. The van der Waals surface area contributed by atoms with E-state index in [2.05, 4.69) is 4.90 Å². The first-order valence-electron chi connectivity index (χ1n) is 9.42. The van der Waals surface area contributed by atoms with E-state index in [-0.39, 0.29) is 30.2 Å². The number of hydrogen-bond donors (Lipinski definition) is 1. The molecule has 3 rings (SSSR count). The fourth-order valence-electron chi connectivity index (χ4n) is 3.66. The molecule has 0 saturated carbocycles. The predicted octanol–water partition coefficient (Wildman–Crippen LogP) is 4.42. The van der Waals surface area contributed by atoms with E-state index in [4.69, 9.17) is 0 Å². The van der Waals surface area contributed by atoms with Gasteiger partial charge in [-0.15, -0.1) is 12.4 Å². The highest BCUT2D eigenvalue weighted by Gasteiger charge is 2.32. The minimum absolute atomic E-state index is 0.